The van der Waals surface area contributed by atoms with Gasteiger partial charge in [-0.3, -0.25) is 9.69 Å². The minimum absolute atomic E-state index is 0.0736. The van der Waals surface area contributed by atoms with E-state index in [1.54, 1.807) is 28.8 Å². The molecule has 1 atom stereocenters. The average molecular weight is 273 g/mol. The van der Waals surface area contributed by atoms with E-state index in [9.17, 15) is 9.18 Å². The molecule has 2 aromatic carbocycles. The van der Waals surface area contributed by atoms with Crippen LogP contribution in [0.15, 0.2) is 54.6 Å². The molecule has 3 rings (SSSR count). The van der Waals surface area contributed by atoms with Gasteiger partial charge >= 0.3 is 0 Å². The molecule has 96 valence electrons. The maximum absolute atomic E-state index is 13.0. The van der Waals surface area contributed by atoms with E-state index < -0.39 is 0 Å². The number of thioether (sulfide) groups is 1. The zero-order valence-corrected chi connectivity index (χ0v) is 10.9. The fraction of sp³-hybridized carbons (Fsp3) is 0.133. The second-order valence-corrected chi connectivity index (χ2v) is 5.38. The van der Waals surface area contributed by atoms with Crippen LogP contribution in [-0.4, -0.2) is 11.7 Å². The molecule has 0 radical (unpaired) electrons. The summed E-state index contributed by atoms with van der Waals surface area (Å²) in [5.41, 5.74) is 1.83. The number of hydrogen-bond donors (Lipinski definition) is 0. The Kier molecular flexibility index (Phi) is 3.25. The molecule has 4 heteroatoms. The van der Waals surface area contributed by atoms with Gasteiger partial charge in [0.2, 0.25) is 5.91 Å². The van der Waals surface area contributed by atoms with E-state index in [1.807, 2.05) is 30.3 Å². The number of amides is 1. The highest BCUT2D eigenvalue weighted by Gasteiger charge is 2.33. The van der Waals surface area contributed by atoms with E-state index in [-0.39, 0.29) is 17.1 Å². The highest BCUT2D eigenvalue weighted by atomic mass is 32.2. The minimum Gasteiger partial charge on any atom is -0.295 e. The molecule has 0 aliphatic carbocycles. The lowest BCUT2D eigenvalue weighted by atomic mass is 10.2. The van der Waals surface area contributed by atoms with Crippen molar-refractivity contribution in [3.8, 4) is 0 Å². The third-order valence-corrected chi connectivity index (χ3v) is 4.27. The molecule has 0 bridgehead atoms. The number of carbonyl (C=O) groups excluding carboxylic acids is 1. The molecule has 0 spiro atoms. The van der Waals surface area contributed by atoms with Gasteiger partial charge in [0.25, 0.3) is 0 Å². The van der Waals surface area contributed by atoms with Gasteiger partial charge in [-0.2, -0.15) is 0 Å². The summed E-state index contributed by atoms with van der Waals surface area (Å²) in [7, 11) is 0. The van der Waals surface area contributed by atoms with Crippen LogP contribution in [-0.2, 0) is 4.79 Å². The Hall–Kier alpha value is -1.81. The number of anilines is 1. The van der Waals surface area contributed by atoms with Crippen LogP contribution in [0.25, 0.3) is 0 Å². The van der Waals surface area contributed by atoms with E-state index in [0.29, 0.717) is 5.75 Å². The van der Waals surface area contributed by atoms with Crippen LogP contribution < -0.4 is 4.90 Å². The Labute approximate surface area is 115 Å². The number of carbonyl (C=O) groups is 1. The Morgan fingerprint density at radius 2 is 1.74 bits per heavy atom. The molecule has 19 heavy (non-hydrogen) atoms. The number of benzene rings is 2. The predicted molar refractivity (Wildman–Crippen MR) is 75.5 cm³/mol. The van der Waals surface area contributed by atoms with Crippen LogP contribution in [0.3, 0.4) is 0 Å². The molecule has 2 aromatic rings. The SMILES string of the molecule is O=C1CS[C@H](c2ccc(F)cc2)N1c1ccccc1. The summed E-state index contributed by atoms with van der Waals surface area (Å²) in [5.74, 6) is 0.284. The van der Waals surface area contributed by atoms with Gasteiger partial charge in [-0.05, 0) is 29.8 Å². The van der Waals surface area contributed by atoms with Gasteiger partial charge in [0.05, 0.1) is 5.75 Å². The molecule has 0 saturated carbocycles. The molecule has 1 aliphatic rings. The highest BCUT2D eigenvalue weighted by Crippen LogP contribution is 2.41. The number of nitrogens with zero attached hydrogens (tertiary/aromatic N) is 1. The summed E-state index contributed by atoms with van der Waals surface area (Å²) in [6.45, 7) is 0. The minimum atomic E-state index is -0.260. The van der Waals surface area contributed by atoms with E-state index in [2.05, 4.69) is 0 Å². The molecule has 0 N–H and O–H groups in total. The van der Waals surface area contributed by atoms with Crippen molar-refractivity contribution < 1.29 is 9.18 Å². The Morgan fingerprint density at radius 3 is 2.42 bits per heavy atom. The molecule has 1 saturated heterocycles. The van der Waals surface area contributed by atoms with Gasteiger partial charge in [-0.15, -0.1) is 11.8 Å². The Bertz CT molecular complexity index is 585. The highest BCUT2D eigenvalue weighted by molar-refractivity contribution is 8.00. The second kappa shape index (κ2) is 5.05. The fourth-order valence-corrected chi connectivity index (χ4v) is 3.34. The van der Waals surface area contributed by atoms with Crippen LogP contribution in [0.2, 0.25) is 0 Å². The number of rotatable bonds is 2. The van der Waals surface area contributed by atoms with Gasteiger partial charge < -0.3 is 0 Å². The van der Waals surface area contributed by atoms with Crippen molar-refractivity contribution in [3.63, 3.8) is 0 Å². The van der Waals surface area contributed by atoms with Crippen molar-refractivity contribution in [2.75, 3.05) is 10.7 Å². The smallest absolute Gasteiger partial charge is 0.238 e. The van der Waals surface area contributed by atoms with Gasteiger partial charge in [0.15, 0.2) is 0 Å². The number of halogens is 1. The van der Waals surface area contributed by atoms with Gasteiger partial charge in [-0.1, -0.05) is 30.3 Å². The molecule has 1 fully saturated rings. The first-order valence-corrected chi connectivity index (χ1v) is 7.05. The Balaban J connectivity index is 1.97. The lowest BCUT2D eigenvalue weighted by Crippen LogP contribution is -2.27. The number of hydrogen-bond acceptors (Lipinski definition) is 2. The molecule has 1 heterocycles. The fourth-order valence-electron chi connectivity index (χ4n) is 2.17. The van der Waals surface area contributed by atoms with Crippen molar-refractivity contribution >= 4 is 23.4 Å². The third-order valence-electron chi connectivity index (χ3n) is 3.06. The van der Waals surface area contributed by atoms with E-state index >= 15 is 0 Å². The molecular formula is C15H12FNOS. The molecule has 0 unspecified atom stereocenters. The molecule has 1 amide bonds. The summed E-state index contributed by atoms with van der Waals surface area (Å²) in [5, 5.41) is -0.0736. The Morgan fingerprint density at radius 1 is 1.05 bits per heavy atom. The summed E-state index contributed by atoms with van der Waals surface area (Å²) < 4.78 is 13.0. The van der Waals surface area contributed by atoms with E-state index in [4.69, 9.17) is 0 Å². The topological polar surface area (TPSA) is 20.3 Å². The molecule has 0 aromatic heterocycles. The van der Waals surface area contributed by atoms with E-state index in [1.165, 1.54) is 12.1 Å². The van der Waals surface area contributed by atoms with Gasteiger partial charge in [0, 0.05) is 5.69 Å². The monoisotopic (exact) mass is 273 g/mol. The largest absolute Gasteiger partial charge is 0.295 e. The molecule has 1 aliphatic heterocycles. The van der Waals surface area contributed by atoms with Crippen LogP contribution in [0.4, 0.5) is 10.1 Å². The van der Waals surface area contributed by atoms with Crippen molar-refractivity contribution in [3.05, 3.63) is 66.0 Å². The standard InChI is InChI=1S/C15H12FNOS/c16-12-8-6-11(7-9-12)15-17(14(18)10-19-15)13-4-2-1-3-5-13/h1-9,15H,10H2/t15-/m1/s1. The van der Waals surface area contributed by atoms with Crippen molar-refractivity contribution in [2.45, 2.75) is 5.37 Å². The first kappa shape index (κ1) is 12.2. The molecule has 2 nitrogen and oxygen atoms in total. The maximum Gasteiger partial charge on any atom is 0.238 e. The summed E-state index contributed by atoms with van der Waals surface area (Å²) in [6.07, 6.45) is 0. The zero-order valence-electron chi connectivity index (χ0n) is 10.1. The van der Waals surface area contributed by atoms with Crippen LogP contribution in [0.1, 0.15) is 10.9 Å². The summed E-state index contributed by atoms with van der Waals surface area (Å²) in [4.78, 5) is 13.8. The predicted octanol–water partition coefficient (Wildman–Crippen LogP) is 3.60. The number of para-hydroxylation sites is 1. The average Bonchev–Trinajstić information content (AvgIpc) is 2.82. The second-order valence-electron chi connectivity index (χ2n) is 4.31. The van der Waals surface area contributed by atoms with Crippen molar-refractivity contribution in [2.24, 2.45) is 0 Å². The van der Waals surface area contributed by atoms with Crippen LogP contribution >= 0.6 is 11.8 Å². The summed E-state index contributed by atoms with van der Waals surface area (Å²) in [6, 6.07) is 15.9. The lowest BCUT2D eigenvalue weighted by Gasteiger charge is -2.24. The van der Waals surface area contributed by atoms with Crippen LogP contribution in [0, 0.1) is 5.82 Å². The first-order chi connectivity index (χ1) is 9.25. The third kappa shape index (κ3) is 2.36. The van der Waals surface area contributed by atoms with E-state index in [0.717, 1.165) is 11.3 Å². The van der Waals surface area contributed by atoms with Gasteiger partial charge in [-0.25, -0.2) is 4.39 Å². The van der Waals surface area contributed by atoms with Crippen LogP contribution in [0.5, 0.6) is 0 Å². The zero-order chi connectivity index (χ0) is 13.2. The quantitative estimate of drug-likeness (QED) is 0.833. The first-order valence-electron chi connectivity index (χ1n) is 6.00. The summed E-state index contributed by atoms with van der Waals surface area (Å²) >= 11 is 1.57. The normalized spacial score (nSPS) is 18.9. The lowest BCUT2D eigenvalue weighted by molar-refractivity contribution is -0.115. The maximum atomic E-state index is 13.0. The molecular weight excluding hydrogens is 261 g/mol. The van der Waals surface area contributed by atoms with Crippen molar-refractivity contribution in [1.82, 2.24) is 0 Å². The van der Waals surface area contributed by atoms with Gasteiger partial charge in [0.1, 0.15) is 11.2 Å². The van der Waals surface area contributed by atoms with Crippen molar-refractivity contribution in [1.29, 1.82) is 0 Å².